The predicted octanol–water partition coefficient (Wildman–Crippen LogP) is 15.8. The summed E-state index contributed by atoms with van der Waals surface area (Å²) in [5.41, 5.74) is 14.4. The van der Waals surface area contributed by atoms with Crippen LogP contribution in [0.5, 0.6) is 0 Å². The second kappa shape index (κ2) is 15.9. The first-order chi connectivity index (χ1) is 31.7. The van der Waals surface area contributed by atoms with E-state index in [4.69, 9.17) is 15.0 Å². The Morgan fingerprint density at radius 1 is 0.354 bits per heavy atom. The molecule has 1 aliphatic carbocycles. The van der Waals surface area contributed by atoms with Gasteiger partial charge in [-0.25, -0.2) is 15.0 Å². The maximum atomic E-state index is 5.18. The Hall–Kier alpha value is -8.09. The summed E-state index contributed by atoms with van der Waals surface area (Å²) in [5.74, 6) is 2.47. The van der Waals surface area contributed by atoms with Gasteiger partial charge in [-0.15, -0.1) is 0 Å². The lowest BCUT2D eigenvalue weighted by Gasteiger charge is -2.33. The van der Waals surface area contributed by atoms with Crippen LogP contribution in [0.3, 0.4) is 0 Å². The summed E-state index contributed by atoms with van der Waals surface area (Å²) < 4.78 is 0. The number of fused-ring (bicyclic) bond motifs is 5. The number of anilines is 9. The molecule has 3 heterocycles. The van der Waals surface area contributed by atoms with Gasteiger partial charge in [0.2, 0.25) is 0 Å². The van der Waals surface area contributed by atoms with Gasteiger partial charge in [-0.1, -0.05) is 116 Å². The lowest BCUT2D eigenvalue weighted by Crippen LogP contribution is -2.18. The van der Waals surface area contributed by atoms with Gasteiger partial charge in [0, 0.05) is 68.3 Å². The van der Waals surface area contributed by atoms with Gasteiger partial charge < -0.3 is 0 Å². The molecule has 0 aliphatic heterocycles. The van der Waals surface area contributed by atoms with Crippen LogP contribution in [0.15, 0.2) is 201 Å². The molecule has 3 aromatic heterocycles. The Morgan fingerprint density at radius 3 is 1.49 bits per heavy atom. The first-order valence-corrected chi connectivity index (χ1v) is 22.3. The van der Waals surface area contributed by atoms with E-state index >= 15 is 0 Å². The van der Waals surface area contributed by atoms with Gasteiger partial charge in [0.05, 0.1) is 11.4 Å². The molecular formula is C59H48N6. The van der Waals surface area contributed by atoms with E-state index < -0.39 is 0 Å². The number of rotatable bonds is 9. The minimum atomic E-state index is -0.245. The third kappa shape index (κ3) is 6.86. The fourth-order valence-electron chi connectivity index (χ4n) is 9.68. The van der Waals surface area contributed by atoms with Gasteiger partial charge in [0.25, 0.3) is 0 Å². The molecule has 0 N–H and O–H groups in total. The van der Waals surface area contributed by atoms with Gasteiger partial charge in [-0.05, 0) is 140 Å². The molecule has 0 spiro atoms. The molecule has 0 saturated heterocycles. The highest BCUT2D eigenvalue weighted by Crippen LogP contribution is 2.56. The summed E-state index contributed by atoms with van der Waals surface area (Å²) in [5, 5.41) is 4.31. The van der Waals surface area contributed by atoms with Gasteiger partial charge in [-0.3, -0.25) is 14.7 Å². The van der Waals surface area contributed by atoms with Gasteiger partial charge >= 0.3 is 0 Å². The second-order valence-corrected chi connectivity index (χ2v) is 17.6. The standard InChI is InChI=1S/C59H48N6/c1-39-21-26-43(27-22-39)63(54-19-11-13-33-60-54)45-30-31-47-49(35-45)58(64(42-15-7-6-8-16-42)56-32-25-41(3)38-62-56)50-36-48-46-17-9-10-18-52(46)59(4,5)53(48)37-51(50)57(47)65(55-20-12-14-34-61-55)44-28-23-40(2)24-29-44/h6-38H,1-5H3. The maximum Gasteiger partial charge on any atom is 0.137 e. The topological polar surface area (TPSA) is 48.4 Å². The Balaban J connectivity index is 1.35. The minimum Gasteiger partial charge on any atom is -0.295 e. The van der Waals surface area contributed by atoms with Crippen LogP contribution in [-0.4, -0.2) is 15.0 Å². The normalized spacial score (nSPS) is 12.5. The molecule has 7 aromatic carbocycles. The van der Waals surface area contributed by atoms with E-state index in [9.17, 15) is 0 Å². The number of hydrogen-bond acceptors (Lipinski definition) is 6. The van der Waals surface area contributed by atoms with E-state index in [0.29, 0.717) is 0 Å². The molecule has 6 heteroatoms. The van der Waals surface area contributed by atoms with Crippen molar-refractivity contribution in [3.05, 3.63) is 228 Å². The zero-order valence-corrected chi connectivity index (χ0v) is 37.2. The lowest BCUT2D eigenvalue weighted by molar-refractivity contribution is 0.661. The van der Waals surface area contributed by atoms with Crippen molar-refractivity contribution >= 4 is 73.1 Å². The molecular weight excluding hydrogens is 793 g/mol. The molecule has 0 unspecified atom stereocenters. The summed E-state index contributed by atoms with van der Waals surface area (Å²) in [4.78, 5) is 22.2. The van der Waals surface area contributed by atoms with Crippen molar-refractivity contribution in [2.45, 2.75) is 40.0 Å². The van der Waals surface area contributed by atoms with Crippen molar-refractivity contribution < 1.29 is 0 Å². The highest BCUT2D eigenvalue weighted by molar-refractivity contribution is 6.24. The number of benzene rings is 7. The highest BCUT2D eigenvalue weighted by atomic mass is 15.2. The van der Waals surface area contributed by atoms with Crippen LogP contribution in [0.25, 0.3) is 32.7 Å². The van der Waals surface area contributed by atoms with Crippen molar-refractivity contribution in [3.63, 3.8) is 0 Å². The maximum absolute atomic E-state index is 5.18. The predicted molar refractivity (Wildman–Crippen MR) is 271 cm³/mol. The smallest absolute Gasteiger partial charge is 0.137 e. The van der Waals surface area contributed by atoms with Gasteiger partial charge in [-0.2, -0.15) is 0 Å². The summed E-state index contributed by atoms with van der Waals surface area (Å²) >= 11 is 0. The molecule has 0 amide bonds. The highest BCUT2D eigenvalue weighted by Gasteiger charge is 2.37. The van der Waals surface area contributed by atoms with E-state index in [2.05, 4.69) is 213 Å². The molecule has 0 fully saturated rings. The van der Waals surface area contributed by atoms with E-state index in [1.807, 2.05) is 36.8 Å². The van der Waals surface area contributed by atoms with Crippen molar-refractivity contribution in [2.24, 2.45) is 0 Å². The average molecular weight is 841 g/mol. The van der Waals surface area contributed by atoms with Crippen LogP contribution in [0, 0.1) is 20.8 Å². The number of aromatic nitrogens is 3. The fourth-order valence-corrected chi connectivity index (χ4v) is 9.68. The van der Waals surface area contributed by atoms with Crippen LogP contribution in [0.4, 0.5) is 51.6 Å². The van der Waals surface area contributed by atoms with E-state index in [1.54, 1.807) is 0 Å². The van der Waals surface area contributed by atoms with Crippen molar-refractivity contribution in [1.29, 1.82) is 0 Å². The van der Waals surface area contributed by atoms with Crippen LogP contribution in [-0.2, 0) is 5.41 Å². The Morgan fingerprint density at radius 2 is 0.862 bits per heavy atom. The fraction of sp³-hybridized carbons (Fsp3) is 0.102. The third-order valence-corrected chi connectivity index (χ3v) is 12.9. The first kappa shape index (κ1) is 39.7. The zero-order chi connectivity index (χ0) is 44.2. The Bertz CT molecular complexity index is 3350. The number of nitrogens with zero attached hydrogens (tertiary/aromatic N) is 6. The van der Waals surface area contributed by atoms with Crippen molar-refractivity contribution in [3.8, 4) is 11.1 Å². The van der Waals surface area contributed by atoms with Crippen LogP contribution in [0.1, 0.15) is 41.7 Å². The van der Waals surface area contributed by atoms with Crippen LogP contribution in [0.2, 0.25) is 0 Å². The molecule has 65 heavy (non-hydrogen) atoms. The van der Waals surface area contributed by atoms with E-state index in [1.165, 1.54) is 33.4 Å². The largest absolute Gasteiger partial charge is 0.295 e. The lowest BCUT2D eigenvalue weighted by atomic mass is 9.81. The summed E-state index contributed by atoms with van der Waals surface area (Å²) in [7, 11) is 0. The summed E-state index contributed by atoms with van der Waals surface area (Å²) in [6.45, 7) is 11.1. The monoisotopic (exact) mass is 840 g/mol. The third-order valence-electron chi connectivity index (χ3n) is 12.9. The summed E-state index contributed by atoms with van der Waals surface area (Å²) in [6, 6.07) is 65.4. The molecule has 0 bridgehead atoms. The number of aryl methyl sites for hydroxylation is 3. The Labute approximate surface area is 380 Å². The van der Waals surface area contributed by atoms with Crippen LogP contribution >= 0.6 is 0 Å². The SMILES string of the molecule is Cc1ccc(N(c2ccc3c(N(c4ccc(C)cc4)c4ccccn4)c4cc5c(cc4c(N(c4ccccc4)c4ccc(C)cn4)c3c2)-c2ccccc2C5(C)C)c2ccccn2)cc1. The molecule has 11 rings (SSSR count). The second-order valence-electron chi connectivity index (χ2n) is 17.6. The van der Waals surface area contributed by atoms with Gasteiger partial charge in [0.15, 0.2) is 0 Å². The number of pyridine rings is 3. The number of para-hydroxylation sites is 1. The van der Waals surface area contributed by atoms with Gasteiger partial charge in [0.1, 0.15) is 17.5 Å². The Kier molecular flexibility index (Phi) is 9.73. The van der Waals surface area contributed by atoms with Crippen LogP contribution < -0.4 is 14.7 Å². The number of hydrogen-bond donors (Lipinski definition) is 0. The van der Waals surface area contributed by atoms with Crippen molar-refractivity contribution in [2.75, 3.05) is 14.7 Å². The molecule has 314 valence electrons. The molecule has 1 aliphatic rings. The molecule has 0 saturated carbocycles. The molecule has 0 radical (unpaired) electrons. The molecule has 0 atom stereocenters. The van der Waals surface area contributed by atoms with E-state index in [0.717, 1.165) is 78.7 Å². The average Bonchev–Trinajstić information content (AvgIpc) is 3.56. The summed E-state index contributed by atoms with van der Waals surface area (Å²) in [6.07, 6.45) is 5.71. The van der Waals surface area contributed by atoms with E-state index in [-0.39, 0.29) is 5.41 Å². The van der Waals surface area contributed by atoms with Crippen molar-refractivity contribution in [1.82, 2.24) is 15.0 Å². The molecule has 6 nitrogen and oxygen atoms in total. The zero-order valence-electron chi connectivity index (χ0n) is 37.2. The first-order valence-electron chi connectivity index (χ1n) is 22.3. The minimum absolute atomic E-state index is 0.245. The quantitative estimate of drug-likeness (QED) is 0.107. The molecule has 10 aromatic rings.